The van der Waals surface area contributed by atoms with Crippen LogP contribution in [0, 0.1) is 11.2 Å². The third-order valence-electron chi connectivity index (χ3n) is 3.22. The molecule has 1 saturated carbocycles. The van der Waals surface area contributed by atoms with Gasteiger partial charge in [-0.05, 0) is 12.8 Å². The number of aliphatic carboxylic acids is 1. The molecule has 0 amide bonds. The van der Waals surface area contributed by atoms with E-state index < -0.39 is 17.2 Å². The molecule has 0 aromatic carbocycles. The second kappa shape index (κ2) is 4.65. The van der Waals surface area contributed by atoms with Crippen molar-refractivity contribution in [2.75, 3.05) is 11.9 Å². The van der Waals surface area contributed by atoms with Gasteiger partial charge in [0.1, 0.15) is 0 Å². The molecule has 0 saturated heterocycles. The topological polar surface area (TPSA) is 75.1 Å². The van der Waals surface area contributed by atoms with Crippen molar-refractivity contribution in [2.45, 2.75) is 25.7 Å². The highest BCUT2D eigenvalue weighted by atomic mass is 19.1. The number of nitrogens with zero attached hydrogens (tertiary/aromatic N) is 2. The van der Waals surface area contributed by atoms with Crippen molar-refractivity contribution in [3.05, 3.63) is 18.2 Å². The first-order chi connectivity index (χ1) is 8.12. The van der Waals surface area contributed by atoms with Gasteiger partial charge in [0.2, 0.25) is 5.95 Å². The van der Waals surface area contributed by atoms with E-state index in [0.29, 0.717) is 12.8 Å². The van der Waals surface area contributed by atoms with E-state index in [9.17, 15) is 14.3 Å². The van der Waals surface area contributed by atoms with E-state index in [0.717, 1.165) is 25.2 Å². The van der Waals surface area contributed by atoms with E-state index in [1.54, 1.807) is 0 Å². The van der Waals surface area contributed by atoms with E-state index >= 15 is 0 Å². The van der Waals surface area contributed by atoms with Crippen molar-refractivity contribution in [2.24, 2.45) is 5.41 Å². The Morgan fingerprint density at radius 1 is 1.41 bits per heavy atom. The maximum absolute atomic E-state index is 12.6. The Morgan fingerprint density at radius 2 is 2.00 bits per heavy atom. The van der Waals surface area contributed by atoms with Crippen LogP contribution in [0.15, 0.2) is 12.4 Å². The minimum absolute atomic E-state index is 0.263. The molecule has 2 N–H and O–H groups in total. The molecule has 1 fully saturated rings. The van der Waals surface area contributed by atoms with E-state index in [2.05, 4.69) is 15.3 Å². The first kappa shape index (κ1) is 11.8. The molecule has 0 bridgehead atoms. The molecule has 2 rings (SSSR count). The van der Waals surface area contributed by atoms with Crippen LogP contribution < -0.4 is 5.32 Å². The van der Waals surface area contributed by atoms with Crippen molar-refractivity contribution < 1.29 is 14.3 Å². The third-order valence-corrected chi connectivity index (χ3v) is 3.22. The van der Waals surface area contributed by atoms with Crippen LogP contribution in [-0.4, -0.2) is 27.6 Å². The number of aromatic nitrogens is 2. The highest BCUT2D eigenvalue weighted by Crippen LogP contribution is 2.38. The molecule has 1 aliphatic carbocycles. The number of hydrogen-bond donors (Lipinski definition) is 2. The largest absolute Gasteiger partial charge is 0.481 e. The van der Waals surface area contributed by atoms with Crippen LogP contribution >= 0.6 is 0 Å². The second-order valence-electron chi connectivity index (χ2n) is 4.37. The zero-order valence-electron chi connectivity index (χ0n) is 9.32. The minimum atomic E-state index is -0.787. The Kier molecular flexibility index (Phi) is 3.21. The first-order valence-electron chi connectivity index (χ1n) is 5.57. The van der Waals surface area contributed by atoms with Gasteiger partial charge in [-0.1, -0.05) is 12.8 Å². The van der Waals surface area contributed by atoms with Gasteiger partial charge in [-0.25, -0.2) is 14.4 Å². The molecule has 5 nitrogen and oxygen atoms in total. The predicted octanol–water partition coefficient (Wildman–Crippen LogP) is 1.67. The molecule has 0 radical (unpaired) electrons. The van der Waals surface area contributed by atoms with E-state index in [1.165, 1.54) is 0 Å². The summed E-state index contributed by atoms with van der Waals surface area (Å²) >= 11 is 0. The average Bonchev–Trinajstić information content (AvgIpc) is 2.78. The van der Waals surface area contributed by atoms with Gasteiger partial charge in [-0.3, -0.25) is 4.79 Å². The lowest BCUT2D eigenvalue weighted by Gasteiger charge is -2.23. The number of rotatable bonds is 4. The molecule has 1 aromatic heterocycles. The second-order valence-corrected chi connectivity index (χ2v) is 4.37. The standard InChI is InChI=1S/C11H14FN3O2/c12-8-5-13-10(14-6-8)15-7-11(9(16)17)3-1-2-4-11/h5-6H,1-4,7H2,(H,16,17)(H,13,14,15). The number of nitrogens with one attached hydrogen (secondary N) is 1. The normalized spacial score (nSPS) is 17.9. The first-order valence-corrected chi connectivity index (χ1v) is 5.57. The molecular weight excluding hydrogens is 225 g/mol. The molecule has 92 valence electrons. The highest BCUT2D eigenvalue weighted by Gasteiger charge is 2.41. The summed E-state index contributed by atoms with van der Waals surface area (Å²) < 4.78 is 12.6. The lowest BCUT2D eigenvalue weighted by molar-refractivity contribution is -0.147. The summed E-state index contributed by atoms with van der Waals surface area (Å²) in [7, 11) is 0. The summed E-state index contributed by atoms with van der Waals surface area (Å²) in [6.45, 7) is 0.286. The quantitative estimate of drug-likeness (QED) is 0.836. The van der Waals surface area contributed by atoms with Gasteiger partial charge in [0, 0.05) is 6.54 Å². The summed E-state index contributed by atoms with van der Waals surface area (Å²) in [6, 6.07) is 0. The molecule has 6 heteroatoms. The Hall–Kier alpha value is -1.72. The SMILES string of the molecule is O=C(O)C1(CNc2ncc(F)cn2)CCCC1. The lowest BCUT2D eigenvalue weighted by atomic mass is 9.86. The Bertz CT molecular complexity index is 402. The van der Waals surface area contributed by atoms with Crippen molar-refractivity contribution in [1.29, 1.82) is 0 Å². The summed E-state index contributed by atoms with van der Waals surface area (Å²) in [5.74, 6) is -1.03. The molecule has 1 aromatic rings. The Morgan fingerprint density at radius 3 is 2.53 bits per heavy atom. The van der Waals surface area contributed by atoms with Crippen LogP contribution in [0.2, 0.25) is 0 Å². The summed E-state index contributed by atoms with van der Waals surface area (Å²) in [6.07, 6.45) is 5.29. The van der Waals surface area contributed by atoms with Crippen LogP contribution in [0.25, 0.3) is 0 Å². The monoisotopic (exact) mass is 239 g/mol. The zero-order valence-corrected chi connectivity index (χ0v) is 9.32. The highest BCUT2D eigenvalue weighted by molar-refractivity contribution is 5.75. The molecular formula is C11H14FN3O2. The fourth-order valence-electron chi connectivity index (χ4n) is 2.17. The molecule has 17 heavy (non-hydrogen) atoms. The predicted molar refractivity (Wildman–Crippen MR) is 59.0 cm³/mol. The summed E-state index contributed by atoms with van der Waals surface area (Å²) in [5.41, 5.74) is -0.724. The van der Waals surface area contributed by atoms with Crippen LogP contribution in [0.1, 0.15) is 25.7 Å². The molecule has 0 atom stereocenters. The maximum atomic E-state index is 12.6. The van der Waals surface area contributed by atoms with Crippen molar-refractivity contribution in [3.63, 3.8) is 0 Å². The van der Waals surface area contributed by atoms with E-state index in [4.69, 9.17) is 0 Å². The lowest BCUT2D eigenvalue weighted by Crippen LogP contribution is -2.35. The van der Waals surface area contributed by atoms with Crippen LogP contribution in [0.3, 0.4) is 0 Å². The van der Waals surface area contributed by atoms with E-state index in [-0.39, 0.29) is 12.5 Å². The molecule has 0 aliphatic heterocycles. The zero-order chi connectivity index (χ0) is 12.3. The van der Waals surface area contributed by atoms with Crippen LogP contribution in [-0.2, 0) is 4.79 Å². The van der Waals surface area contributed by atoms with E-state index in [1.807, 2.05) is 0 Å². The number of hydrogen-bond acceptors (Lipinski definition) is 4. The van der Waals surface area contributed by atoms with Gasteiger partial charge in [0.15, 0.2) is 5.82 Å². The summed E-state index contributed by atoms with van der Waals surface area (Å²) in [4.78, 5) is 18.7. The van der Waals surface area contributed by atoms with Crippen LogP contribution in [0.4, 0.5) is 10.3 Å². The maximum Gasteiger partial charge on any atom is 0.311 e. The van der Waals surface area contributed by atoms with Crippen LogP contribution in [0.5, 0.6) is 0 Å². The molecule has 0 spiro atoms. The summed E-state index contributed by atoms with van der Waals surface area (Å²) in [5, 5.41) is 12.1. The number of anilines is 1. The van der Waals surface area contributed by atoms with Gasteiger partial charge in [-0.2, -0.15) is 0 Å². The Balaban J connectivity index is 2.00. The van der Waals surface area contributed by atoms with Gasteiger partial charge >= 0.3 is 5.97 Å². The number of halogens is 1. The van der Waals surface area contributed by atoms with Gasteiger partial charge in [-0.15, -0.1) is 0 Å². The van der Waals surface area contributed by atoms with Crippen molar-refractivity contribution in [1.82, 2.24) is 9.97 Å². The molecule has 1 aliphatic rings. The Labute approximate surface area is 98.1 Å². The number of carbonyl (C=O) groups is 1. The molecule has 1 heterocycles. The van der Waals surface area contributed by atoms with Crippen molar-refractivity contribution >= 4 is 11.9 Å². The third kappa shape index (κ3) is 2.51. The number of carboxylic acid groups (broad SMARTS) is 1. The average molecular weight is 239 g/mol. The fraction of sp³-hybridized carbons (Fsp3) is 0.545. The van der Waals surface area contributed by atoms with Crippen molar-refractivity contribution in [3.8, 4) is 0 Å². The fourth-order valence-corrected chi connectivity index (χ4v) is 2.17. The van der Waals surface area contributed by atoms with Gasteiger partial charge in [0.05, 0.1) is 17.8 Å². The van der Waals surface area contributed by atoms with Gasteiger partial charge < -0.3 is 10.4 Å². The van der Waals surface area contributed by atoms with Gasteiger partial charge in [0.25, 0.3) is 0 Å². The minimum Gasteiger partial charge on any atom is -0.481 e. The number of carboxylic acids is 1. The molecule has 0 unspecified atom stereocenters. The smallest absolute Gasteiger partial charge is 0.311 e.